The summed E-state index contributed by atoms with van der Waals surface area (Å²) in [5.41, 5.74) is 8.22. The largest absolute Gasteiger partial charge is 0.330 e. The van der Waals surface area contributed by atoms with Gasteiger partial charge in [0.2, 0.25) is 0 Å². The maximum absolute atomic E-state index is 5.82. The number of hydrogen-bond acceptors (Lipinski definition) is 3. The normalized spacial score (nSPS) is 13.2. The van der Waals surface area contributed by atoms with Crippen molar-refractivity contribution in [1.82, 2.24) is 4.98 Å². The van der Waals surface area contributed by atoms with Gasteiger partial charge in [0.05, 0.1) is 15.2 Å². The van der Waals surface area contributed by atoms with Crippen LogP contribution in [0, 0.1) is 6.92 Å². The number of hydrogen-bond donors (Lipinski definition) is 1. The zero-order valence-corrected chi connectivity index (χ0v) is 10.7. The van der Waals surface area contributed by atoms with Crippen LogP contribution in [-0.4, -0.2) is 11.5 Å². The number of thiazole rings is 1. The Kier molecular flexibility index (Phi) is 3.56. The van der Waals surface area contributed by atoms with Crippen molar-refractivity contribution < 1.29 is 0 Å². The molecule has 2 aromatic rings. The van der Waals surface area contributed by atoms with Crippen molar-refractivity contribution in [1.29, 1.82) is 0 Å². The number of fused-ring (bicyclic) bond motifs is 1. The Morgan fingerprint density at radius 2 is 2.25 bits per heavy atom. The van der Waals surface area contributed by atoms with E-state index < -0.39 is 0 Å². The molecule has 3 heteroatoms. The second kappa shape index (κ2) is 4.93. The predicted molar refractivity (Wildman–Crippen MR) is 71.1 cm³/mol. The number of benzene rings is 1. The van der Waals surface area contributed by atoms with Crippen LogP contribution in [0.15, 0.2) is 18.2 Å². The first kappa shape index (κ1) is 11.6. The summed E-state index contributed by atoms with van der Waals surface area (Å²) in [6.07, 6.45) is 2.30. The molecule has 0 amide bonds. The van der Waals surface area contributed by atoms with Crippen LogP contribution in [-0.2, 0) is 0 Å². The molecule has 0 aliphatic rings. The first-order valence-corrected chi connectivity index (χ1v) is 6.64. The molecule has 1 atom stereocenters. The number of aryl methyl sites for hydroxylation is 1. The fourth-order valence-electron chi connectivity index (χ4n) is 1.97. The van der Waals surface area contributed by atoms with Gasteiger partial charge in [-0.1, -0.05) is 25.5 Å². The molecule has 1 heterocycles. The van der Waals surface area contributed by atoms with Gasteiger partial charge < -0.3 is 5.73 Å². The molecule has 0 radical (unpaired) electrons. The maximum Gasteiger partial charge on any atom is 0.0982 e. The van der Waals surface area contributed by atoms with Crippen molar-refractivity contribution in [3.05, 3.63) is 28.8 Å². The molecule has 2 N–H and O–H groups in total. The van der Waals surface area contributed by atoms with E-state index in [1.54, 1.807) is 11.3 Å². The van der Waals surface area contributed by atoms with Gasteiger partial charge in [-0.05, 0) is 25.0 Å². The second-order valence-corrected chi connectivity index (χ2v) is 5.26. The summed E-state index contributed by atoms with van der Waals surface area (Å²) in [6.45, 7) is 5.01. The number of nitrogens with two attached hydrogens (primary N) is 1. The van der Waals surface area contributed by atoms with Gasteiger partial charge in [-0.15, -0.1) is 11.3 Å². The Morgan fingerprint density at radius 3 is 2.88 bits per heavy atom. The quantitative estimate of drug-likeness (QED) is 0.880. The first-order valence-electron chi connectivity index (χ1n) is 5.82. The standard InChI is InChI=1S/C13H18N2S/c1-3-5-10(8-14)13-15-12-9(2)6-4-7-11(12)16-13/h4,6-7,10H,3,5,8,14H2,1-2H3. The average Bonchev–Trinajstić information content (AvgIpc) is 2.71. The van der Waals surface area contributed by atoms with Crippen LogP contribution in [0.4, 0.5) is 0 Å². The lowest BCUT2D eigenvalue weighted by molar-refractivity contribution is 0.620. The average molecular weight is 234 g/mol. The van der Waals surface area contributed by atoms with Gasteiger partial charge in [0.15, 0.2) is 0 Å². The number of para-hydroxylation sites is 1. The van der Waals surface area contributed by atoms with E-state index in [0.717, 1.165) is 18.4 Å². The first-order chi connectivity index (χ1) is 7.76. The third-order valence-electron chi connectivity index (χ3n) is 2.91. The summed E-state index contributed by atoms with van der Waals surface area (Å²) in [6, 6.07) is 6.35. The highest BCUT2D eigenvalue weighted by Gasteiger charge is 2.14. The lowest BCUT2D eigenvalue weighted by atomic mass is 10.1. The van der Waals surface area contributed by atoms with Gasteiger partial charge in [0.25, 0.3) is 0 Å². The van der Waals surface area contributed by atoms with Crippen LogP contribution >= 0.6 is 11.3 Å². The van der Waals surface area contributed by atoms with E-state index in [9.17, 15) is 0 Å². The minimum absolute atomic E-state index is 0.432. The van der Waals surface area contributed by atoms with Crippen LogP contribution in [0.25, 0.3) is 10.2 Å². The van der Waals surface area contributed by atoms with E-state index in [4.69, 9.17) is 10.7 Å². The molecule has 2 nitrogen and oxygen atoms in total. The number of aromatic nitrogens is 1. The number of rotatable bonds is 4. The third kappa shape index (κ3) is 2.11. The van der Waals surface area contributed by atoms with E-state index in [-0.39, 0.29) is 0 Å². The monoisotopic (exact) mass is 234 g/mol. The van der Waals surface area contributed by atoms with Crippen molar-refractivity contribution in [3.63, 3.8) is 0 Å². The highest BCUT2D eigenvalue weighted by Crippen LogP contribution is 2.30. The van der Waals surface area contributed by atoms with Gasteiger partial charge in [0, 0.05) is 12.5 Å². The molecule has 2 rings (SSSR count). The Morgan fingerprint density at radius 1 is 1.44 bits per heavy atom. The highest BCUT2D eigenvalue weighted by molar-refractivity contribution is 7.18. The van der Waals surface area contributed by atoms with E-state index >= 15 is 0 Å². The van der Waals surface area contributed by atoms with Gasteiger partial charge >= 0.3 is 0 Å². The summed E-state index contributed by atoms with van der Waals surface area (Å²) >= 11 is 1.79. The van der Waals surface area contributed by atoms with Crippen molar-refractivity contribution in [2.75, 3.05) is 6.54 Å². The van der Waals surface area contributed by atoms with Gasteiger partial charge in [-0.2, -0.15) is 0 Å². The maximum atomic E-state index is 5.82. The molecule has 0 fully saturated rings. The lowest BCUT2D eigenvalue weighted by Gasteiger charge is -2.08. The number of nitrogens with zero attached hydrogens (tertiary/aromatic N) is 1. The molecule has 1 aromatic carbocycles. The van der Waals surface area contributed by atoms with Gasteiger partial charge in [0.1, 0.15) is 0 Å². The fraction of sp³-hybridized carbons (Fsp3) is 0.462. The lowest BCUT2D eigenvalue weighted by Crippen LogP contribution is -2.11. The van der Waals surface area contributed by atoms with E-state index in [1.807, 2.05) is 0 Å². The van der Waals surface area contributed by atoms with Crippen LogP contribution in [0.3, 0.4) is 0 Å². The molecule has 0 bridgehead atoms. The van der Waals surface area contributed by atoms with E-state index in [2.05, 4.69) is 32.0 Å². The molecule has 0 saturated carbocycles. The SMILES string of the molecule is CCCC(CN)c1nc2c(C)cccc2s1. The van der Waals surface area contributed by atoms with Crippen LogP contribution in [0.5, 0.6) is 0 Å². The molecule has 16 heavy (non-hydrogen) atoms. The summed E-state index contributed by atoms with van der Waals surface area (Å²) in [5, 5.41) is 1.20. The van der Waals surface area contributed by atoms with Crippen LogP contribution in [0.1, 0.15) is 36.3 Å². The van der Waals surface area contributed by atoms with Crippen molar-refractivity contribution in [2.24, 2.45) is 5.73 Å². The molecule has 1 aromatic heterocycles. The molecule has 0 spiro atoms. The second-order valence-electron chi connectivity index (χ2n) is 4.20. The molecule has 0 aliphatic heterocycles. The minimum atomic E-state index is 0.432. The van der Waals surface area contributed by atoms with Crippen LogP contribution in [0.2, 0.25) is 0 Å². The molecule has 86 valence electrons. The Labute approximate surface area is 101 Å². The van der Waals surface area contributed by atoms with Crippen molar-refractivity contribution >= 4 is 21.6 Å². The summed E-state index contributed by atoms with van der Waals surface area (Å²) in [4.78, 5) is 4.74. The molecular weight excluding hydrogens is 216 g/mol. The smallest absolute Gasteiger partial charge is 0.0982 e. The highest BCUT2D eigenvalue weighted by atomic mass is 32.1. The Bertz CT molecular complexity index is 476. The van der Waals surface area contributed by atoms with Crippen molar-refractivity contribution in [3.8, 4) is 0 Å². The summed E-state index contributed by atoms with van der Waals surface area (Å²) in [7, 11) is 0. The van der Waals surface area contributed by atoms with Gasteiger partial charge in [-0.25, -0.2) is 4.98 Å². The molecule has 1 unspecified atom stereocenters. The third-order valence-corrected chi connectivity index (χ3v) is 4.09. The molecular formula is C13H18N2S. The van der Waals surface area contributed by atoms with Crippen LogP contribution < -0.4 is 5.73 Å². The van der Waals surface area contributed by atoms with Crippen molar-refractivity contribution in [2.45, 2.75) is 32.6 Å². The summed E-state index contributed by atoms with van der Waals surface area (Å²) < 4.78 is 1.28. The zero-order valence-electron chi connectivity index (χ0n) is 9.86. The summed E-state index contributed by atoms with van der Waals surface area (Å²) in [5.74, 6) is 0.432. The van der Waals surface area contributed by atoms with E-state index in [0.29, 0.717) is 12.5 Å². The van der Waals surface area contributed by atoms with Gasteiger partial charge in [-0.3, -0.25) is 0 Å². The minimum Gasteiger partial charge on any atom is -0.330 e. The van der Waals surface area contributed by atoms with E-state index in [1.165, 1.54) is 15.3 Å². The zero-order chi connectivity index (χ0) is 11.5. The predicted octanol–water partition coefficient (Wildman–Crippen LogP) is 3.45. The Hall–Kier alpha value is -0.930. The Balaban J connectivity index is 2.42. The fourth-order valence-corrected chi connectivity index (χ4v) is 3.16. The molecule has 0 aliphatic carbocycles. The molecule has 0 saturated heterocycles. The topological polar surface area (TPSA) is 38.9 Å².